The fourth-order valence-corrected chi connectivity index (χ4v) is 3.71. The van der Waals surface area contributed by atoms with Crippen molar-refractivity contribution in [2.45, 2.75) is 51.5 Å². The summed E-state index contributed by atoms with van der Waals surface area (Å²) in [5.74, 6) is 0.512. The summed E-state index contributed by atoms with van der Waals surface area (Å²) in [6, 6.07) is 0.0315. The predicted molar refractivity (Wildman–Crippen MR) is 64.7 cm³/mol. The second kappa shape index (κ2) is 6.57. The van der Waals surface area contributed by atoms with Crippen molar-refractivity contribution in [3.05, 3.63) is 0 Å². The molecule has 0 saturated heterocycles. The molecule has 0 bridgehead atoms. The highest BCUT2D eigenvalue weighted by atomic mass is 32.2. The molecule has 0 heterocycles. The van der Waals surface area contributed by atoms with Crippen molar-refractivity contribution >= 4 is 10.0 Å². The summed E-state index contributed by atoms with van der Waals surface area (Å²) in [6.07, 6.45) is 6.28. The van der Waals surface area contributed by atoms with Gasteiger partial charge in [-0.2, -0.15) is 0 Å². The predicted octanol–water partition coefficient (Wildman–Crippen LogP) is 1.26. The van der Waals surface area contributed by atoms with Gasteiger partial charge in [0.05, 0.1) is 5.75 Å². The monoisotopic (exact) mass is 249 g/mol. The van der Waals surface area contributed by atoms with Crippen molar-refractivity contribution in [3.63, 3.8) is 0 Å². The van der Waals surface area contributed by atoms with E-state index in [9.17, 15) is 8.42 Å². The number of hydrogen-bond acceptors (Lipinski definition) is 3. The lowest BCUT2D eigenvalue weighted by Gasteiger charge is -2.28. The Hall–Kier alpha value is -0.130. The van der Waals surface area contributed by atoms with Gasteiger partial charge in [0.15, 0.2) is 0 Å². The minimum absolute atomic E-state index is 0.0283. The van der Waals surface area contributed by atoms with Gasteiger partial charge in [0.2, 0.25) is 10.0 Å². The SMILES string of the molecule is CC(NS(=O)(=O)CCCO)C1CCCCC1. The Labute approximate surface area is 98.5 Å². The standard InChI is InChI=1S/C11H23NO3S/c1-10(11-6-3-2-4-7-11)12-16(14,15)9-5-8-13/h10-13H,2-9H2,1H3. The van der Waals surface area contributed by atoms with Crippen LogP contribution < -0.4 is 4.72 Å². The van der Waals surface area contributed by atoms with Crippen molar-refractivity contribution in [2.75, 3.05) is 12.4 Å². The number of rotatable bonds is 6. The van der Waals surface area contributed by atoms with E-state index in [1.165, 1.54) is 19.3 Å². The summed E-state index contributed by atoms with van der Waals surface area (Å²) in [5, 5.41) is 8.62. The van der Waals surface area contributed by atoms with Crippen LogP contribution in [0.5, 0.6) is 0 Å². The third-order valence-electron chi connectivity index (χ3n) is 3.29. The molecule has 0 spiro atoms. The van der Waals surface area contributed by atoms with E-state index in [0.29, 0.717) is 12.3 Å². The zero-order valence-electron chi connectivity index (χ0n) is 9.98. The maximum absolute atomic E-state index is 11.6. The minimum atomic E-state index is -3.20. The number of sulfonamides is 1. The van der Waals surface area contributed by atoms with Crippen LogP contribution in [-0.4, -0.2) is 31.9 Å². The molecule has 1 saturated carbocycles. The van der Waals surface area contributed by atoms with Crippen molar-refractivity contribution in [1.82, 2.24) is 4.72 Å². The smallest absolute Gasteiger partial charge is 0.211 e. The summed E-state index contributed by atoms with van der Waals surface area (Å²) in [4.78, 5) is 0. The second-order valence-electron chi connectivity index (χ2n) is 4.70. The quantitative estimate of drug-likeness (QED) is 0.744. The topological polar surface area (TPSA) is 66.4 Å². The molecule has 96 valence electrons. The van der Waals surface area contributed by atoms with Crippen LogP contribution in [0.3, 0.4) is 0 Å². The summed E-state index contributed by atoms with van der Waals surface area (Å²) in [7, 11) is -3.20. The second-order valence-corrected chi connectivity index (χ2v) is 6.57. The third-order valence-corrected chi connectivity index (χ3v) is 4.85. The molecule has 1 fully saturated rings. The van der Waals surface area contributed by atoms with Gasteiger partial charge in [0, 0.05) is 12.6 Å². The molecule has 5 heteroatoms. The van der Waals surface area contributed by atoms with Crippen molar-refractivity contribution < 1.29 is 13.5 Å². The zero-order chi connectivity index (χ0) is 12.0. The molecule has 0 aromatic carbocycles. The van der Waals surface area contributed by atoms with E-state index in [4.69, 9.17) is 5.11 Å². The van der Waals surface area contributed by atoms with E-state index in [-0.39, 0.29) is 18.4 Å². The third kappa shape index (κ3) is 4.80. The molecule has 1 atom stereocenters. The maximum Gasteiger partial charge on any atom is 0.211 e. The molecular formula is C11H23NO3S. The highest BCUT2D eigenvalue weighted by molar-refractivity contribution is 7.89. The zero-order valence-corrected chi connectivity index (χ0v) is 10.8. The molecule has 0 aromatic heterocycles. The van der Waals surface area contributed by atoms with Crippen LogP contribution >= 0.6 is 0 Å². The molecular weight excluding hydrogens is 226 g/mol. The Bertz CT molecular complexity index is 284. The van der Waals surface area contributed by atoms with Crippen LogP contribution in [0, 0.1) is 5.92 Å². The van der Waals surface area contributed by atoms with Gasteiger partial charge in [0.1, 0.15) is 0 Å². The van der Waals surface area contributed by atoms with E-state index in [1.54, 1.807) is 0 Å². The molecule has 1 aliphatic rings. The van der Waals surface area contributed by atoms with Crippen molar-refractivity contribution in [2.24, 2.45) is 5.92 Å². The molecule has 1 aliphatic carbocycles. The van der Waals surface area contributed by atoms with Gasteiger partial charge in [-0.25, -0.2) is 13.1 Å². The number of aliphatic hydroxyl groups excluding tert-OH is 1. The van der Waals surface area contributed by atoms with Crippen LogP contribution in [0.1, 0.15) is 45.4 Å². The summed E-state index contributed by atoms with van der Waals surface area (Å²) in [5.41, 5.74) is 0. The van der Waals surface area contributed by atoms with Crippen molar-refractivity contribution in [3.8, 4) is 0 Å². The van der Waals surface area contributed by atoms with Gasteiger partial charge in [-0.3, -0.25) is 0 Å². The van der Waals surface area contributed by atoms with Crippen molar-refractivity contribution in [1.29, 1.82) is 0 Å². The van der Waals surface area contributed by atoms with Crippen LogP contribution in [0.25, 0.3) is 0 Å². The first-order chi connectivity index (χ1) is 7.55. The molecule has 4 nitrogen and oxygen atoms in total. The lowest BCUT2D eigenvalue weighted by atomic mass is 9.85. The lowest BCUT2D eigenvalue weighted by Crippen LogP contribution is -2.40. The number of hydrogen-bond donors (Lipinski definition) is 2. The van der Waals surface area contributed by atoms with E-state index in [0.717, 1.165) is 12.8 Å². The molecule has 0 amide bonds. The van der Waals surface area contributed by atoms with E-state index in [2.05, 4.69) is 4.72 Å². The minimum Gasteiger partial charge on any atom is -0.396 e. The Morgan fingerprint density at radius 1 is 1.31 bits per heavy atom. The molecule has 1 unspecified atom stereocenters. The Kier molecular flexibility index (Phi) is 5.72. The van der Waals surface area contributed by atoms with Gasteiger partial charge in [-0.1, -0.05) is 19.3 Å². The van der Waals surface area contributed by atoms with Crippen LogP contribution in [0.15, 0.2) is 0 Å². The summed E-state index contributed by atoms with van der Waals surface area (Å²) in [6.45, 7) is 1.88. The molecule has 0 radical (unpaired) electrons. The molecule has 1 rings (SSSR count). The number of aliphatic hydroxyl groups is 1. The first kappa shape index (κ1) is 13.9. The Morgan fingerprint density at radius 2 is 1.94 bits per heavy atom. The first-order valence-corrected chi connectivity index (χ1v) is 7.81. The first-order valence-electron chi connectivity index (χ1n) is 6.16. The highest BCUT2D eigenvalue weighted by Gasteiger charge is 2.23. The van der Waals surface area contributed by atoms with Gasteiger partial charge < -0.3 is 5.11 Å². The normalized spacial score (nSPS) is 20.9. The highest BCUT2D eigenvalue weighted by Crippen LogP contribution is 2.26. The molecule has 2 N–H and O–H groups in total. The molecule has 0 aliphatic heterocycles. The molecule has 0 aromatic rings. The van der Waals surface area contributed by atoms with Crippen LogP contribution in [0.4, 0.5) is 0 Å². The summed E-state index contributed by atoms with van der Waals surface area (Å²) >= 11 is 0. The Morgan fingerprint density at radius 3 is 2.50 bits per heavy atom. The van der Waals surface area contributed by atoms with E-state index >= 15 is 0 Å². The lowest BCUT2D eigenvalue weighted by molar-refractivity contribution is 0.292. The number of nitrogens with one attached hydrogen (secondary N) is 1. The average Bonchev–Trinajstić information content (AvgIpc) is 2.27. The molecule has 16 heavy (non-hydrogen) atoms. The van der Waals surface area contributed by atoms with E-state index in [1.807, 2.05) is 6.92 Å². The van der Waals surface area contributed by atoms with Gasteiger partial charge in [-0.15, -0.1) is 0 Å². The van der Waals surface area contributed by atoms with Crippen LogP contribution in [0.2, 0.25) is 0 Å². The largest absolute Gasteiger partial charge is 0.396 e. The summed E-state index contributed by atoms with van der Waals surface area (Å²) < 4.78 is 26.0. The van der Waals surface area contributed by atoms with Crippen LogP contribution in [-0.2, 0) is 10.0 Å². The average molecular weight is 249 g/mol. The van der Waals surface area contributed by atoms with E-state index < -0.39 is 10.0 Å². The fourth-order valence-electron chi connectivity index (χ4n) is 2.33. The maximum atomic E-state index is 11.6. The van der Waals surface area contributed by atoms with Gasteiger partial charge >= 0.3 is 0 Å². The fraction of sp³-hybridized carbons (Fsp3) is 1.00. The van der Waals surface area contributed by atoms with Gasteiger partial charge in [-0.05, 0) is 32.1 Å². The Balaban J connectivity index is 2.39. The van der Waals surface area contributed by atoms with Gasteiger partial charge in [0.25, 0.3) is 0 Å².